The second-order valence-corrected chi connectivity index (χ2v) is 6.58. The number of benzene rings is 2. The fourth-order valence-corrected chi connectivity index (χ4v) is 3.30. The van der Waals surface area contributed by atoms with Gasteiger partial charge in [0.05, 0.1) is 16.8 Å². The van der Waals surface area contributed by atoms with Crippen molar-refractivity contribution in [1.82, 2.24) is 9.97 Å². The Morgan fingerprint density at radius 2 is 1.13 bits per heavy atom. The molecule has 6 nitrogen and oxygen atoms in total. The number of nitrogens with zero attached hydrogens (tertiary/aromatic N) is 2. The van der Waals surface area contributed by atoms with Crippen LogP contribution in [0.4, 0.5) is 0 Å². The van der Waals surface area contributed by atoms with Crippen molar-refractivity contribution in [3.8, 4) is 33.5 Å². The third kappa shape index (κ3) is 3.66. The van der Waals surface area contributed by atoms with Gasteiger partial charge in [0.15, 0.2) is 0 Å². The van der Waals surface area contributed by atoms with Gasteiger partial charge < -0.3 is 10.2 Å². The van der Waals surface area contributed by atoms with Crippen LogP contribution in [0.25, 0.3) is 33.5 Å². The normalized spacial score (nSPS) is 10.5. The molecule has 0 fully saturated rings. The van der Waals surface area contributed by atoms with Crippen molar-refractivity contribution in [3.05, 3.63) is 96.4 Å². The van der Waals surface area contributed by atoms with Crippen molar-refractivity contribution in [2.24, 2.45) is 0 Å². The van der Waals surface area contributed by atoms with Gasteiger partial charge in [0.2, 0.25) is 0 Å². The van der Waals surface area contributed by atoms with Crippen molar-refractivity contribution in [2.45, 2.75) is 0 Å². The topological polar surface area (TPSA) is 100 Å². The molecule has 146 valence electrons. The van der Waals surface area contributed by atoms with E-state index < -0.39 is 11.9 Å². The standard InChI is InChI=1S/C24H16N2O4/c27-23(28)18-5-1-16(2-6-18)21-20(15-9-12-25-13-10-15)11-14-26-22(21)17-3-7-19(8-4-17)24(29)30/h1-14H,(H,27,28)(H,29,30). The van der Waals surface area contributed by atoms with Crippen molar-refractivity contribution in [3.63, 3.8) is 0 Å². The van der Waals surface area contributed by atoms with Gasteiger partial charge in [-0.1, -0.05) is 24.3 Å². The number of hydrogen-bond acceptors (Lipinski definition) is 4. The molecular formula is C24H16N2O4. The predicted molar refractivity (Wildman–Crippen MR) is 112 cm³/mol. The molecule has 2 heterocycles. The van der Waals surface area contributed by atoms with Gasteiger partial charge in [0.25, 0.3) is 0 Å². The van der Waals surface area contributed by atoms with Crippen LogP contribution in [0.5, 0.6) is 0 Å². The molecule has 0 atom stereocenters. The summed E-state index contributed by atoms with van der Waals surface area (Å²) in [5.41, 5.74) is 5.29. The van der Waals surface area contributed by atoms with Crippen LogP contribution in [-0.4, -0.2) is 32.1 Å². The van der Waals surface area contributed by atoms with Gasteiger partial charge >= 0.3 is 11.9 Å². The summed E-state index contributed by atoms with van der Waals surface area (Å²) in [4.78, 5) is 31.1. The Labute approximate surface area is 172 Å². The Bertz CT molecular complexity index is 1220. The molecule has 4 rings (SSSR count). The number of carboxylic acids is 2. The summed E-state index contributed by atoms with van der Waals surface area (Å²) in [6.07, 6.45) is 5.11. The molecule has 0 amide bonds. The van der Waals surface area contributed by atoms with Crippen LogP contribution in [0.1, 0.15) is 20.7 Å². The van der Waals surface area contributed by atoms with E-state index in [4.69, 9.17) is 0 Å². The highest BCUT2D eigenvalue weighted by molar-refractivity contribution is 5.95. The first kappa shape index (κ1) is 19.0. The summed E-state index contributed by atoms with van der Waals surface area (Å²) in [7, 11) is 0. The quantitative estimate of drug-likeness (QED) is 0.499. The van der Waals surface area contributed by atoms with Crippen LogP contribution in [-0.2, 0) is 0 Å². The van der Waals surface area contributed by atoms with Crippen LogP contribution in [0.15, 0.2) is 85.3 Å². The predicted octanol–water partition coefficient (Wildman–Crippen LogP) is 4.87. The lowest BCUT2D eigenvalue weighted by atomic mass is 9.91. The van der Waals surface area contributed by atoms with Crippen molar-refractivity contribution in [2.75, 3.05) is 0 Å². The van der Waals surface area contributed by atoms with Crippen LogP contribution in [0.2, 0.25) is 0 Å². The SMILES string of the molecule is O=C(O)c1ccc(-c2nccc(-c3ccncc3)c2-c2ccc(C(=O)O)cc2)cc1. The molecule has 6 heteroatoms. The second-order valence-electron chi connectivity index (χ2n) is 6.58. The molecule has 30 heavy (non-hydrogen) atoms. The van der Waals surface area contributed by atoms with Crippen LogP contribution in [0.3, 0.4) is 0 Å². The van der Waals surface area contributed by atoms with Crippen LogP contribution in [0, 0.1) is 0 Å². The number of aromatic nitrogens is 2. The number of pyridine rings is 2. The fraction of sp³-hybridized carbons (Fsp3) is 0. The number of carboxylic acid groups (broad SMARTS) is 2. The van der Waals surface area contributed by atoms with Gasteiger partial charge in [0.1, 0.15) is 0 Å². The maximum atomic E-state index is 11.2. The minimum absolute atomic E-state index is 0.191. The highest BCUT2D eigenvalue weighted by Crippen LogP contribution is 2.38. The van der Waals surface area contributed by atoms with E-state index in [1.165, 1.54) is 12.1 Å². The van der Waals surface area contributed by atoms with E-state index in [9.17, 15) is 19.8 Å². The third-order valence-corrected chi connectivity index (χ3v) is 4.77. The zero-order valence-corrected chi connectivity index (χ0v) is 15.7. The summed E-state index contributed by atoms with van der Waals surface area (Å²) in [6.45, 7) is 0. The minimum Gasteiger partial charge on any atom is -0.478 e. The molecule has 0 saturated heterocycles. The van der Waals surface area contributed by atoms with Gasteiger partial charge in [-0.25, -0.2) is 9.59 Å². The van der Waals surface area contributed by atoms with E-state index in [-0.39, 0.29) is 11.1 Å². The van der Waals surface area contributed by atoms with Gasteiger partial charge in [-0.15, -0.1) is 0 Å². The van der Waals surface area contributed by atoms with E-state index in [0.717, 1.165) is 27.8 Å². The second kappa shape index (κ2) is 7.97. The highest BCUT2D eigenvalue weighted by atomic mass is 16.4. The molecule has 0 aliphatic carbocycles. The lowest BCUT2D eigenvalue weighted by molar-refractivity contribution is 0.0686. The van der Waals surface area contributed by atoms with Crippen LogP contribution < -0.4 is 0 Å². The molecule has 2 N–H and O–H groups in total. The summed E-state index contributed by atoms with van der Waals surface area (Å²) in [5, 5.41) is 18.4. The summed E-state index contributed by atoms with van der Waals surface area (Å²) >= 11 is 0. The Kier molecular flexibility index (Phi) is 5.05. The molecule has 0 unspecified atom stereocenters. The monoisotopic (exact) mass is 396 g/mol. The first-order valence-electron chi connectivity index (χ1n) is 9.11. The number of aromatic carboxylic acids is 2. The molecule has 0 spiro atoms. The van der Waals surface area contributed by atoms with Crippen LogP contribution >= 0.6 is 0 Å². The molecular weight excluding hydrogens is 380 g/mol. The van der Waals surface area contributed by atoms with Gasteiger partial charge in [0, 0.05) is 29.7 Å². The molecule has 4 aromatic rings. The average molecular weight is 396 g/mol. The van der Waals surface area contributed by atoms with Crippen molar-refractivity contribution in [1.29, 1.82) is 0 Å². The maximum absolute atomic E-state index is 11.2. The van der Waals surface area contributed by atoms with Gasteiger partial charge in [-0.2, -0.15) is 0 Å². The third-order valence-electron chi connectivity index (χ3n) is 4.77. The summed E-state index contributed by atoms with van der Waals surface area (Å²) in [5.74, 6) is -1.99. The van der Waals surface area contributed by atoms with E-state index >= 15 is 0 Å². The van der Waals surface area contributed by atoms with Crippen molar-refractivity contribution >= 4 is 11.9 Å². The van der Waals surface area contributed by atoms with Crippen molar-refractivity contribution < 1.29 is 19.8 Å². The fourth-order valence-electron chi connectivity index (χ4n) is 3.30. The Balaban J connectivity index is 1.94. The molecule has 0 radical (unpaired) electrons. The molecule has 2 aromatic heterocycles. The van der Waals surface area contributed by atoms with Gasteiger partial charge in [-0.3, -0.25) is 9.97 Å². The van der Waals surface area contributed by atoms with E-state index in [0.29, 0.717) is 5.69 Å². The Morgan fingerprint density at radius 3 is 1.67 bits per heavy atom. The Hall–Kier alpha value is -4.32. The number of carbonyl (C=O) groups is 2. The van der Waals surface area contributed by atoms with E-state index in [1.807, 2.05) is 18.2 Å². The van der Waals surface area contributed by atoms with Gasteiger partial charge in [-0.05, 0) is 59.2 Å². The molecule has 0 bridgehead atoms. The number of rotatable bonds is 5. The lowest BCUT2D eigenvalue weighted by Crippen LogP contribution is -1.98. The molecule has 0 saturated carbocycles. The maximum Gasteiger partial charge on any atom is 0.335 e. The average Bonchev–Trinajstić information content (AvgIpc) is 2.79. The largest absolute Gasteiger partial charge is 0.478 e. The zero-order chi connectivity index (χ0) is 21.1. The highest BCUT2D eigenvalue weighted by Gasteiger charge is 2.16. The van der Waals surface area contributed by atoms with E-state index in [1.54, 1.807) is 55.0 Å². The summed E-state index contributed by atoms with van der Waals surface area (Å²) in [6, 6.07) is 18.8. The Morgan fingerprint density at radius 1 is 0.600 bits per heavy atom. The minimum atomic E-state index is -0.996. The first-order valence-corrected chi connectivity index (χ1v) is 9.11. The zero-order valence-electron chi connectivity index (χ0n) is 15.7. The molecule has 2 aromatic carbocycles. The lowest BCUT2D eigenvalue weighted by Gasteiger charge is -2.15. The summed E-state index contributed by atoms with van der Waals surface area (Å²) < 4.78 is 0. The smallest absolute Gasteiger partial charge is 0.335 e. The first-order chi connectivity index (χ1) is 14.5. The van der Waals surface area contributed by atoms with E-state index in [2.05, 4.69) is 9.97 Å². The number of hydrogen-bond donors (Lipinski definition) is 2. The molecule has 0 aliphatic heterocycles. The molecule has 0 aliphatic rings.